The Morgan fingerprint density at radius 2 is 1.55 bits per heavy atom. The first-order valence-corrected chi connectivity index (χ1v) is 9.94. The second kappa shape index (κ2) is 8.93. The Labute approximate surface area is 172 Å². The van der Waals surface area contributed by atoms with Crippen LogP contribution in [0.25, 0.3) is 11.1 Å². The second-order valence-corrected chi connectivity index (χ2v) is 7.30. The van der Waals surface area contributed by atoms with Gasteiger partial charge in [0.15, 0.2) is 0 Å². The molecule has 4 nitrogen and oxygen atoms in total. The van der Waals surface area contributed by atoms with E-state index in [9.17, 15) is 4.79 Å². The van der Waals surface area contributed by atoms with Gasteiger partial charge in [0, 0.05) is 44.0 Å². The van der Waals surface area contributed by atoms with Crippen molar-refractivity contribution < 1.29 is 9.53 Å². The third-order valence-electron chi connectivity index (χ3n) is 5.53. The van der Waals surface area contributed by atoms with Crippen LogP contribution >= 0.6 is 0 Å². The van der Waals surface area contributed by atoms with Crippen LogP contribution in [-0.4, -0.2) is 44.5 Å². The van der Waals surface area contributed by atoms with Crippen molar-refractivity contribution in [1.82, 2.24) is 4.90 Å². The number of carbonyl (C=O) groups excluding carboxylic acids is 1. The summed E-state index contributed by atoms with van der Waals surface area (Å²) in [5.74, 6) is 0.876. The molecule has 0 spiro atoms. The molecule has 4 heteroatoms. The van der Waals surface area contributed by atoms with Crippen LogP contribution in [0.1, 0.15) is 11.1 Å². The Balaban J connectivity index is 1.42. The van der Waals surface area contributed by atoms with Crippen molar-refractivity contribution in [3.63, 3.8) is 0 Å². The van der Waals surface area contributed by atoms with Gasteiger partial charge in [-0.15, -0.1) is 0 Å². The third kappa shape index (κ3) is 4.49. The number of nitrogens with zero attached hydrogens (tertiary/aromatic N) is 2. The molecule has 29 heavy (non-hydrogen) atoms. The zero-order valence-electron chi connectivity index (χ0n) is 16.7. The molecule has 0 unspecified atom stereocenters. The first kappa shape index (κ1) is 19.2. The van der Waals surface area contributed by atoms with Crippen LogP contribution in [0.4, 0.5) is 5.69 Å². The van der Waals surface area contributed by atoms with Gasteiger partial charge in [-0.2, -0.15) is 0 Å². The molecule has 0 amide bonds. The smallest absolute Gasteiger partial charge is 0.233 e. The van der Waals surface area contributed by atoms with Crippen molar-refractivity contribution in [2.45, 2.75) is 6.54 Å². The summed E-state index contributed by atoms with van der Waals surface area (Å²) in [7, 11) is 1.69. The number of benzene rings is 3. The maximum Gasteiger partial charge on any atom is 0.233 e. The van der Waals surface area contributed by atoms with Gasteiger partial charge in [-0.3, -0.25) is 9.69 Å². The lowest BCUT2D eigenvalue weighted by Gasteiger charge is -2.36. The highest BCUT2D eigenvalue weighted by atomic mass is 16.5. The third-order valence-corrected chi connectivity index (χ3v) is 5.53. The van der Waals surface area contributed by atoms with Gasteiger partial charge in [-0.25, -0.2) is 0 Å². The summed E-state index contributed by atoms with van der Waals surface area (Å²) in [5, 5.41) is 0. The molecule has 3 aromatic rings. The van der Waals surface area contributed by atoms with Gasteiger partial charge in [-0.05, 0) is 53.1 Å². The van der Waals surface area contributed by atoms with Crippen molar-refractivity contribution in [2.24, 2.45) is 0 Å². The van der Waals surface area contributed by atoms with Crippen molar-refractivity contribution in [2.75, 3.05) is 38.2 Å². The first-order chi connectivity index (χ1) is 14.3. The van der Waals surface area contributed by atoms with E-state index in [0.717, 1.165) is 38.5 Å². The molecule has 0 aliphatic carbocycles. The zero-order chi connectivity index (χ0) is 20.1. The van der Waals surface area contributed by atoms with Gasteiger partial charge < -0.3 is 9.64 Å². The minimum atomic E-state index is 0.600. The molecule has 1 aliphatic rings. The lowest BCUT2D eigenvalue weighted by atomic mass is 9.99. The maximum atomic E-state index is 10.7. The molecule has 1 heterocycles. The Hall–Kier alpha value is -3.11. The van der Waals surface area contributed by atoms with E-state index >= 15 is 0 Å². The number of piperazine rings is 1. The number of anilines is 1. The van der Waals surface area contributed by atoms with E-state index in [2.05, 4.69) is 46.2 Å². The highest BCUT2D eigenvalue weighted by Gasteiger charge is 2.18. The quantitative estimate of drug-likeness (QED) is 0.638. The summed E-state index contributed by atoms with van der Waals surface area (Å²) < 4.78 is 5.28. The summed E-state index contributed by atoms with van der Waals surface area (Å²) in [4.78, 5) is 15.6. The summed E-state index contributed by atoms with van der Waals surface area (Å²) in [6, 6.07) is 24.6. The molecule has 1 fully saturated rings. The van der Waals surface area contributed by atoms with E-state index in [-0.39, 0.29) is 0 Å². The molecule has 1 saturated heterocycles. The summed E-state index contributed by atoms with van der Waals surface area (Å²) >= 11 is 0. The normalized spacial score (nSPS) is 14.6. The van der Waals surface area contributed by atoms with E-state index in [1.54, 1.807) is 7.11 Å². The van der Waals surface area contributed by atoms with Gasteiger partial charge in [0.25, 0.3) is 0 Å². The van der Waals surface area contributed by atoms with Crippen molar-refractivity contribution in [3.05, 3.63) is 83.9 Å². The summed E-state index contributed by atoms with van der Waals surface area (Å²) in [5.41, 5.74) is 5.60. The summed E-state index contributed by atoms with van der Waals surface area (Å²) in [6.07, 6.45) is 1.93. The topological polar surface area (TPSA) is 32.8 Å². The van der Waals surface area contributed by atoms with Crippen LogP contribution in [0.3, 0.4) is 0 Å². The van der Waals surface area contributed by atoms with Crippen molar-refractivity contribution >= 4 is 12.0 Å². The van der Waals surface area contributed by atoms with Crippen LogP contribution in [0.2, 0.25) is 0 Å². The highest BCUT2D eigenvalue weighted by Crippen LogP contribution is 2.27. The van der Waals surface area contributed by atoms with Gasteiger partial charge in [0.05, 0.1) is 7.11 Å². The van der Waals surface area contributed by atoms with Crippen molar-refractivity contribution in [3.8, 4) is 16.9 Å². The van der Waals surface area contributed by atoms with Crippen molar-refractivity contribution in [1.29, 1.82) is 0 Å². The predicted molar refractivity (Wildman–Crippen MR) is 117 cm³/mol. The minimum Gasteiger partial charge on any atom is -0.497 e. The largest absolute Gasteiger partial charge is 0.497 e. The molecule has 0 N–H and O–H groups in total. The Morgan fingerprint density at radius 1 is 0.862 bits per heavy atom. The Kier molecular flexibility index (Phi) is 5.92. The lowest BCUT2D eigenvalue weighted by molar-refractivity contribution is 0.250. The molecule has 0 atom stereocenters. The fraction of sp³-hybridized carbons (Fsp3) is 0.240. The molecule has 1 radical (unpaired) electrons. The van der Waals surface area contributed by atoms with E-state index in [1.165, 1.54) is 22.4 Å². The molecular formula is C25H25N2O2. The SMILES string of the molecule is COc1ccc(-c2ccccc2CN2CCN(c3ccc([C]=O)cc3)CC2)cc1. The van der Waals surface area contributed by atoms with Gasteiger partial charge in [-0.1, -0.05) is 36.4 Å². The van der Waals surface area contributed by atoms with Crippen LogP contribution in [0.15, 0.2) is 72.8 Å². The molecular weight excluding hydrogens is 360 g/mol. The monoisotopic (exact) mass is 385 g/mol. The van der Waals surface area contributed by atoms with Gasteiger partial charge >= 0.3 is 0 Å². The van der Waals surface area contributed by atoms with E-state index in [1.807, 2.05) is 42.7 Å². The minimum absolute atomic E-state index is 0.600. The van der Waals surface area contributed by atoms with Gasteiger partial charge in [0.1, 0.15) is 5.75 Å². The molecule has 0 saturated carbocycles. The number of ether oxygens (including phenoxy) is 1. The number of methoxy groups -OCH3 is 1. The molecule has 0 bridgehead atoms. The number of rotatable bonds is 6. The fourth-order valence-corrected chi connectivity index (χ4v) is 3.86. The fourth-order valence-electron chi connectivity index (χ4n) is 3.86. The van der Waals surface area contributed by atoms with Crippen LogP contribution in [0.5, 0.6) is 5.75 Å². The second-order valence-electron chi connectivity index (χ2n) is 7.30. The Morgan fingerprint density at radius 3 is 2.21 bits per heavy atom. The highest BCUT2D eigenvalue weighted by molar-refractivity contribution is 5.76. The predicted octanol–water partition coefficient (Wildman–Crippen LogP) is 4.14. The van der Waals surface area contributed by atoms with Crippen LogP contribution < -0.4 is 9.64 Å². The summed E-state index contributed by atoms with van der Waals surface area (Å²) in [6.45, 7) is 4.93. The first-order valence-electron chi connectivity index (χ1n) is 9.94. The molecule has 3 aromatic carbocycles. The van der Waals surface area contributed by atoms with E-state index < -0.39 is 0 Å². The van der Waals surface area contributed by atoms with E-state index in [4.69, 9.17) is 4.74 Å². The molecule has 1 aliphatic heterocycles. The number of hydrogen-bond donors (Lipinski definition) is 0. The van der Waals surface area contributed by atoms with E-state index in [0.29, 0.717) is 5.56 Å². The average molecular weight is 385 g/mol. The zero-order valence-corrected chi connectivity index (χ0v) is 16.7. The standard InChI is InChI=1S/C25H25N2O2/c1-29-24-12-8-21(9-13-24)25-5-3-2-4-22(25)18-26-14-16-27(17-15-26)23-10-6-20(19-28)7-11-23/h2-13H,14-18H2,1H3. The molecule has 0 aromatic heterocycles. The maximum absolute atomic E-state index is 10.7. The van der Waals surface area contributed by atoms with Crippen LogP contribution in [0, 0.1) is 0 Å². The molecule has 4 rings (SSSR count). The number of hydrogen-bond acceptors (Lipinski definition) is 4. The lowest BCUT2D eigenvalue weighted by Crippen LogP contribution is -2.46. The van der Waals surface area contributed by atoms with Gasteiger partial charge in [0.2, 0.25) is 6.29 Å². The average Bonchev–Trinajstić information content (AvgIpc) is 2.80. The molecule has 147 valence electrons. The Bertz CT molecular complexity index is 943. The van der Waals surface area contributed by atoms with Crippen LogP contribution in [-0.2, 0) is 11.3 Å².